The van der Waals surface area contributed by atoms with Gasteiger partial charge < -0.3 is 21.1 Å². The Morgan fingerprint density at radius 1 is 1.19 bits per heavy atom. The topological polar surface area (TPSA) is 120 Å². The van der Waals surface area contributed by atoms with Gasteiger partial charge in [0.2, 0.25) is 17.8 Å². The van der Waals surface area contributed by atoms with Crippen molar-refractivity contribution in [2.75, 3.05) is 23.8 Å². The molecule has 2 aliphatic rings. The van der Waals surface area contributed by atoms with Gasteiger partial charge in [0.05, 0.1) is 23.5 Å². The predicted octanol–water partition coefficient (Wildman–Crippen LogP) is 5.07. The van der Waals surface area contributed by atoms with Crippen molar-refractivity contribution in [2.45, 2.75) is 51.1 Å². The van der Waals surface area contributed by atoms with E-state index < -0.39 is 5.82 Å². The third kappa shape index (κ3) is 5.07. The van der Waals surface area contributed by atoms with E-state index in [1.54, 1.807) is 6.20 Å². The van der Waals surface area contributed by atoms with Crippen molar-refractivity contribution in [3.63, 3.8) is 0 Å². The van der Waals surface area contributed by atoms with Crippen LogP contribution in [0.2, 0.25) is 10.0 Å². The van der Waals surface area contributed by atoms with Gasteiger partial charge in [0, 0.05) is 29.6 Å². The lowest BCUT2D eigenvalue weighted by atomic mass is 9.85. The largest absolute Gasteiger partial charge is 0.381 e. The number of primary amides is 1. The lowest BCUT2D eigenvalue weighted by Crippen LogP contribution is -2.36. The molecule has 2 atom stereocenters. The summed E-state index contributed by atoms with van der Waals surface area (Å²) < 4.78 is 22.3. The maximum Gasteiger partial charge on any atom is 0.224 e. The summed E-state index contributed by atoms with van der Waals surface area (Å²) in [7, 11) is 0. The number of ether oxygens (including phenoxy) is 1. The second kappa shape index (κ2) is 10.4. The Morgan fingerprint density at radius 3 is 2.67 bits per heavy atom. The fraction of sp³-hybridized carbons (Fsp3) is 0.500. The zero-order valence-electron chi connectivity index (χ0n) is 19.8. The summed E-state index contributed by atoms with van der Waals surface area (Å²) in [5.41, 5.74) is 6.79. The highest BCUT2D eigenvalue weighted by Gasteiger charge is 2.30. The molecular weight excluding hydrogens is 508 g/mol. The molecule has 1 saturated heterocycles. The summed E-state index contributed by atoms with van der Waals surface area (Å²) >= 11 is 12.2. The Labute approximate surface area is 217 Å². The number of nitrogens with two attached hydrogens (primary N) is 1. The molecule has 3 aromatic rings. The van der Waals surface area contributed by atoms with Gasteiger partial charge in [-0.15, -0.1) is 0 Å². The fourth-order valence-electron chi connectivity index (χ4n) is 5.05. The number of carbonyl (C=O) groups excluding carboxylic acids is 1. The van der Waals surface area contributed by atoms with Crippen molar-refractivity contribution in [1.82, 2.24) is 19.5 Å². The molecule has 4 N–H and O–H groups in total. The first-order valence-electron chi connectivity index (χ1n) is 12.1. The number of benzene rings is 1. The number of aromatic nitrogens is 4. The molecule has 1 aliphatic carbocycles. The number of anilines is 3. The zero-order chi connectivity index (χ0) is 25.4. The van der Waals surface area contributed by atoms with Crippen LogP contribution in [0.5, 0.6) is 0 Å². The molecule has 12 heteroatoms. The molecule has 9 nitrogen and oxygen atoms in total. The van der Waals surface area contributed by atoms with Crippen LogP contribution in [0.3, 0.4) is 0 Å². The summed E-state index contributed by atoms with van der Waals surface area (Å²) in [6.07, 6.45) is 5.24. The third-order valence-corrected chi connectivity index (χ3v) is 7.61. The minimum Gasteiger partial charge on any atom is -0.381 e. The quantitative estimate of drug-likeness (QED) is 0.402. The van der Waals surface area contributed by atoms with Crippen LogP contribution in [0.1, 0.15) is 45.1 Å². The van der Waals surface area contributed by atoms with Gasteiger partial charge in [-0.25, -0.2) is 14.4 Å². The first-order chi connectivity index (χ1) is 17.3. The highest BCUT2D eigenvalue weighted by Crippen LogP contribution is 2.38. The van der Waals surface area contributed by atoms with Gasteiger partial charge >= 0.3 is 0 Å². The van der Waals surface area contributed by atoms with Crippen LogP contribution in [0.15, 0.2) is 18.3 Å². The Bertz CT molecular complexity index is 1260. The Kier molecular flexibility index (Phi) is 7.18. The third-order valence-electron chi connectivity index (χ3n) is 7.10. The smallest absolute Gasteiger partial charge is 0.224 e. The van der Waals surface area contributed by atoms with E-state index >= 15 is 0 Å². The highest BCUT2D eigenvalue weighted by atomic mass is 35.5. The van der Waals surface area contributed by atoms with Crippen molar-refractivity contribution in [1.29, 1.82) is 0 Å². The van der Waals surface area contributed by atoms with E-state index in [0.717, 1.165) is 6.42 Å². The van der Waals surface area contributed by atoms with Crippen LogP contribution in [0.4, 0.5) is 22.0 Å². The maximum absolute atomic E-state index is 14.8. The van der Waals surface area contributed by atoms with Gasteiger partial charge in [-0.3, -0.25) is 9.36 Å². The summed E-state index contributed by atoms with van der Waals surface area (Å²) in [5, 5.41) is 6.83. The van der Waals surface area contributed by atoms with Crippen molar-refractivity contribution in [3.8, 4) is 0 Å². The number of hydrogen-bond acceptors (Lipinski definition) is 7. The Morgan fingerprint density at radius 2 is 1.97 bits per heavy atom. The molecule has 1 aromatic carbocycles. The Balaban J connectivity index is 1.53. The van der Waals surface area contributed by atoms with Gasteiger partial charge in [0.15, 0.2) is 5.65 Å². The number of hydrogen-bond donors (Lipinski definition) is 3. The second-order valence-corrected chi connectivity index (χ2v) is 10.4. The van der Waals surface area contributed by atoms with Crippen molar-refractivity contribution < 1.29 is 13.9 Å². The normalized spacial score (nSPS) is 24.6. The fourth-order valence-corrected chi connectivity index (χ4v) is 5.56. The van der Waals surface area contributed by atoms with E-state index in [1.807, 2.05) is 4.57 Å². The van der Waals surface area contributed by atoms with Crippen molar-refractivity contribution in [3.05, 3.63) is 34.2 Å². The summed E-state index contributed by atoms with van der Waals surface area (Å²) in [4.78, 5) is 25.7. The number of imidazole rings is 1. The molecule has 2 fully saturated rings. The Hall–Kier alpha value is -2.69. The minimum absolute atomic E-state index is 0.0213. The molecule has 1 saturated carbocycles. The van der Waals surface area contributed by atoms with Gasteiger partial charge in [0.25, 0.3) is 0 Å². The van der Waals surface area contributed by atoms with E-state index in [1.165, 1.54) is 12.1 Å². The first-order valence-corrected chi connectivity index (χ1v) is 12.9. The van der Waals surface area contributed by atoms with Gasteiger partial charge in [-0.2, -0.15) is 4.98 Å². The number of amides is 1. The average Bonchev–Trinajstić information content (AvgIpc) is 3.20. The van der Waals surface area contributed by atoms with E-state index in [0.29, 0.717) is 67.9 Å². The van der Waals surface area contributed by atoms with Crippen LogP contribution in [-0.2, 0) is 9.53 Å². The molecule has 36 heavy (non-hydrogen) atoms. The zero-order valence-corrected chi connectivity index (χ0v) is 21.3. The molecule has 3 heterocycles. The number of fused-ring (bicyclic) bond motifs is 1. The molecule has 5 rings (SSSR count). The van der Waals surface area contributed by atoms with Crippen LogP contribution < -0.4 is 16.4 Å². The summed E-state index contributed by atoms with van der Waals surface area (Å²) in [6.45, 7) is 3.50. The van der Waals surface area contributed by atoms with Crippen molar-refractivity contribution >= 4 is 57.9 Å². The van der Waals surface area contributed by atoms with E-state index in [2.05, 4.69) is 27.5 Å². The molecule has 0 spiro atoms. The van der Waals surface area contributed by atoms with Gasteiger partial charge in [-0.05, 0) is 50.2 Å². The first kappa shape index (κ1) is 25.0. The lowest BCUT2D eigenvalue weighted by molar-refractivity contribution is -0.122. The monoisotopic (exact) mass is 535 g/mol. The molecular formula is C24H28Cl2FN7O2. The number of rotatable bonds is 6. The lowest BCUT2D eigenvalue weighted by Gasteiger charge is -2.30. The number of halogens is 3. The van der Waals surface area contributed by atoms with Crippen molar-refractivity contribution in [2.24, 2.45) is 17.6 Å². The number of nitrogens with one attached hydrogen (secondary N) is 2. The van der Waals surface area contributed by atoms with Crippen LogP contribution in [-0.4, -0.2) is 44.7 Å². The van der Waals surface area contributed by atoms with E-state index in [-0.39, 0.29) is 39.6 Å². The minimum atomic E-state index is -0.592. The van der Waals surface area contributed by atoms with E-state index in [9.17, 15) is 9.18 Å². The van der Waals surface area contributed by atoms with E-state index in [4.69, 9.17) is 38.7 Å². The number of nitrogens with zero attached hydrogens (tertiary/aromatic N) is 4. The molecule has 1 amide bonds. The second-order valence-electron chi connectivity index (χ2n) is 9.58. The SMILES string of the molecule is C[C@H]1COCC[C@@H]1Nc1ncc2nc(Nc3c(F)cc(Cl)cc3Cl)n(C3CCC(C(N)=O)CC3)c2n1. The average molecular weight is 536 g/mol. The maximum atomic E-state index is 14.8. The molecule has 0 radical (unpaired) electrons. The van der Waals surface area contributed by atoms with Crippen LogP contribution >= 0.6 is 23.2 Å². The van der Waals surface area contributed by atoms with Gasteiger partial charge in [0.1, 0.15) is 11.3 Å². The van der Waals surface area contributed by atoms with Crippen LogP contribution in [0.25, 0.3) is 11.2 Å². The summed E-state index contributed by atoms with van der Waals surface area (Å²) in [6, 6.07) is 2.83. The summed E-state index contributed by atoms with van der Waals surface area (Å²) in [5.74, 6) is 0.177. The molecule has 1 aliphatic heterocycles. The standard InChI is InChI=1S/C24H28Cl2FN7O2/c1-12-11-36-7-6-18(12)30-23-29-10-19-22(33-23)34(15-4-2-13(3-5-15)21(28)35)24(31-19)32-20-16(26)8-14(25)9-17(20)27/h8-10,12-13,15,18H,2-7,11H2,1H3,(H2,28,35)(H,31,32)(H,29,30,33)/t12-,13?,15?,18-/m0/s1. The highest BCUT2D eigenvalue weighted by molar-refractivity contribution is 6.36. The predicted molar refractivity (Wildman–Crippen MR) is 137 cm³/mol. The molecule has 2 aromatic heterocycles. The number of carbonyl (C=O) groups is 1. The van der Waals surface area contributed by atoms with Crippen LogP contribution in [0, 0.1) is 17.7 Å². The molecule has 0 unspecified atom stereocenters. The molecule has 192 valence electrons. The molecule has 0 bridgehead atoms. The van der Waals surface area contributed by atoms with Gasteiger partial charge in [-0.1, -0.05) is 30.1 Å².